The zero-order valence-electron chi connectivity index (χ0n) is 19.6. The summed E-state index contributed by atoms with van der Waals surface area (Å²) >= 11 is 8.38. The molecule has 1 aliphatic heterocycles. The molecule has 0 aromatic heterocycles. The van der Waals surface area contributed by atoms with Gasteiger partial charge in [0, 0.05) is 16.7 Å². The van der Waals surface area contributed by atoms with Gasteiger partial charge < -0.3 is 24.4 Å². The number of carbonyl (C=O) groups excluding carboxylic acids is 2. The second kappa shape index (κ2) is 11.8. The summed E-state index contributed by atoms with van der Waals surface area (Å²) in [6.07, 6.45) is 3.60. The lowest BCUT2D eigenvalue weighted by Crippen LogP contribution is -2.43. The predicted molar refractivity (Wildman–Crippen MR) is 141 cm³/mol. The van der Waals surface area contributed by atoms with Crippen molar-refractivity contribution in [3.63, 3.8) is 0 Å². The number of piperidine rings is 1. The molecule has 3 rings (SSSR count). The summed E-state index contributed by atoms with van der Waals surface area (Å²) < 4.78 is 17.1. The van der Waals surface area contributed by atoms with Crippen LogP contribution in [-0.4, -0.2) is 51.1 Å². The third kappa shape index (κ3) is 6.15. The summed E-state index contributed by atoms with van der Waals surface area (Å²) in [7, 11) is 4.56. The Morgan fingerprint density at radius 3 is 2.38 bits per heavy atom. The van der Waals surface area contributed by atoms with E-state index in [-0.39, 0.29) is 11.6 Å². The maximum atomic E-state index is 13.5. The molecule has 0 spiro atoms. The van der Waals surface area contributed by atoms with Crippen LogP contribution in [0, 0.1) is 9.49 Å². The molecule has 1 atom stereocenters. The minimum absolute atomic E-state index is 0.142. The van der Waals surface area contributed by atoms with Gasteiger partial charge in [-0.25, -0.2) is 0 Å². The van der Waals surface area contributed by atoms with Crippen molar-refractivity contribution in [2.45, 2.75) is 19.8 Å². The van der Waals surface area contributed by atoms with Crippen molar-refractivity contribution in [1.29, 1.82) is 0 Å². The van der Waals surface area contributed by atoms with Crippen molar-refractivity contribution < 1.29 is 23.8 Å². The van der Waals surface area contributed by atoms with Gasteiger partial charge in [-0.05, 0) is 83.3 Å². The first-order chi connectivity index (χ1) is 16.3. The molecule has 2 aromatic carbocycles. The average molecular weight is 599 g/mol. The smallest absolute Gasteiger partial charge is 0.270 e. The Morgan fingerprint density at radius 2 is 1.79 bits per heavy atom. The van der Waals surface area contributed by atoms with E-state index in [1.165, 1.54) is 21.3 Å². The molecule has 182 valence electrons. The van der Waals surface area contributed by atoms with Gasteiger partial charge in [0.15, 0.2) is 11.5 Å². The fourth-order valence-corrected chi connectivity index (χ4v) is 4.60. The molecule has 1 unspecified atom stereocenters. The molecule has 0 bridgehead atoms. The lowest BCUT2D eigenvalue weighted by molar-refractivity contribution is -0.129. The van der Waals surface area contributed by atoms with Gasteiger partial charge in [-0.1, -0.05) is 18.5 Å². The second-order valence-corrected chi connectivity index (χ2v) is 9.75. The Kier molecular flexibility index (Phi) is 9.07. The molecule has 9 heteroatoms. The second-order valence-electron chi connectivity index (χ2n) is 8.09. The van der Waals surface area contributed by atoms with Gasteiger partial charge in [-0.3, -0.25) is 9.59 Å². The summed E-state index contributed by atoms with van der Waals surface area (Å²) in [6, 6.07) is 8.60. The van der Waals surface area contributed by atoms with Gasteiger partial charge >= 0.3 is 0 Å². The first kappa shape index (κ1) is 26.2. The van der Waals surface area contributed by atoms with E-state index in [1.807, 2.05) is 6.07 Å². The molecule has 1 saturated heterocycles. The SMILES string of the molecule is COc1cc(/C=C(\NC(=O)c2cc(I)ccc2Cl)C(=O)N2CCCC(C)C2)cc(OC)c1OC. The van der Waals surface area contributed by atoms with Crippen LogP contribution in [-0.2, 0) is 4.79 Å². The summed E-state index contributed by atoms with van der Waals surface area (Å²) in [5.74, 6) is 1.00. The Bertz CT molecular complexity index is 1080. The monoisotopic (exact) mass is 598 g/mol. The van der Waals surface area contributed by atoms with Crippen LogP contribution in [0.5, 0.6) is 17.2 Å². The van der Waals surface area contributed by atoms with Crippen LogP contribution in [0.3, 0.4) is 0 Å². The number of nitrogens with zero attached hydrogens (tertiary/aromatic N) is 1. The molecule has 1 heterocycles. The lowest BCUT2D eigenvalue weighted by atomic mass is 10.00. The highest BCUT2D eigenvalue weighted by molar-refractivity contribution is 14.1. The average Bonchev–Trinajstić information content (AvgIpc) is 2.83. The summed E-state index contributed by atoms with van der Waals surface area (Å²) in [4.78, 5) is 28.4. The number of hydrogen-bond donors (Lipinski definition) is 1. The van der Waals surface area contributed by atoms with Crippen LogP contribution in [0.15, 0.2) is 36.0 Å². The van der Waals surface area contributed by atoms with Crippen LogP contribution in [0.4, 0.5) is 0 Å². The largest absolute Gasteiger partial charge is 0.493 e. The Labute approximate surface area is 218 Å². The molecule has 2 aromatic rings. The number of nitrogens with one attached hydrogen (secondary N) is 1. The maximum absolute atomic E-state index is 13.5. The maximum Gasteiger partial charge on any atom is 0.270 e. The van der Waals surface area contributed by atoms with Gasteiger partial charge in [0.05, 0.1) is 31.9 Å². The summed E-state index contributed by atoms with van der Waals surface area (Å²) in [5.41, 5.74) is 1.05. The van der Waals surface area contributed by atoms with Crippen LogP contribution >= 0.6 is 34.2 Å². The van der Waals surface area contributed by atoms with Crippen molar-refractivity contribution in [1.82, 2.24) is 10.2 Å². The third-order valence-corrected chi connectivity index (χ3v) is 6.59. The number of hydrogen-bond acceptors (Lipinski definition) is 5. The zero-order valence-corrected chi connectivity index (χ0v) is 22.5. The van der Waals surface area contributed by atoms with Gasteiger partial charge in [0.1, 0.15) is 5.70 Å². The molecule has 1 fully saturated rings. The van der Waals surface area contributed by atoms with Crippen LogP contribution in [0.1, 0.15) is 35.7 Å². The normalized spacial score (nSPS) is 16.1. The summed E-state index contributed by atoms with van der Waals surface area (Å²) in [5, 5.41) is 3.10. The first-order valence-corrected chi connectivity index (χ1v) is 12.3. The highest BCUT2D eigenvalue weighted by Gasteiger charge is 2.26. The zero-order chi connectivity index (χ0) is 24.8. The molecule has 0 radical (unpaired) electrons. The van der Waals surface area contributed by atoms with E-state index in [0.29, 0.717) is 52.4 Å². The number of ether oxygens (including phenoxy) is 3. The van der Waals surface area contributed by atoms with E-state index in [1.54, 1.807) is 35.2 Å². The third-order valence-electron chi connectivity index (χ3n) is 5.59. The van der Waals surface area contributed by atoms with E-state index in [9.17, 15) is 9.59 Å². The number of amides is 2. The van der Waals surface area contributed by atoms with E-state index < -0.39 is 5.91 Å². The highest BCUT2D eigenvalue weighted by atomic mass is 127. The van der Waals surface area contributed by atoms with E-state index >= 15 is 0 Å². The van der Waals surface area contributed by atoms with Gasteiger partial charge in [0.25, 0.3) is 11.8 Å². The van der Waals surface area contributed by atoms with E-state index in [2.05, 4.69) is 34.8 Å². The van der Waals surface area contributed by atoms with Crippen molar-refractivity contribution in [3.8, 4) is 17.2 Å². The molecular formula is C25H28ClIN2O5. The molecule has 7 nitrogen and oxygen atoms in total. The highest BCUT2D eigenvalue weighted by Crippen LogP contribution is 2.38. The predicted octanol–water partition coefficient (Wildman–Crippen LogP) is 5.00. The number of methoxy groups -OCH3 is 3. The molecule has 2 amide bonds. The standard InChI is InChI=1S/C25H28ClIN2O5/c1-15-6-5-9-29(14-15)25(31)20(28-24(30)18-13-17(27)7-8-19(18)26)10-16-11-21(32-2)23(34-4)22(12-16)33-3/h7-8,10-13,15H,5-6,9,14H2,1-4H3,(H,28,30)/b20-10-. The minimum atomic E-state index is -0.458. The lowest BCUT2D eigenvalue weighted by Gasteiger charge is -2.31. The van der Waals surface area contributed by atoms with E-state index in [0.717, 1.165) is 16.4 Å². The van der Waals surface area contributed by atoms with Crippen LogP contribution in [0.2, 0.25) is 5.02 Å². The van der Waals surface area contributed by atoms with Crippen molar-refractivity contribution in [2.24, 2.45) is 5.92 Å². The van der Waals surface area contributed by atoms with Crippen LogP contribution < -0.4 is 19.5 Å². The fraction of sp³-hybridized carbons (Fsp3) is 0.360. The Hall–Kier alpha value is -2.46. The van der Waals surface area contributed by atoms with Crippen molar-refractivity contribution in [3.05, 3.63) is 55.7 Å². The molecule has 0 aliphatic carbocycles. The number of likely N-dealkylation sites (tertiary alicyclic amines) is 1. The first-order valence-electron chi connectivity index (χ1n) is 10.8. The quantitative estimate of drug-likeness (QED) is 0.359. The Morgan fingerprint density at radius 1 is 1.12 bits per heavy atom. The Balaban J connectivity index is 2.04. The molecule has 1 aliphatic rings. The number of rotatable bonds is 7. The van der Waals surface area contributed by atoms with E-state index in [4.69, 9.17) is 25.8 Å². The number of benzene rings is 2. The molecular weight excluding hydrogens is 571 g/mol. The molecule has 1 N–H and O–H groups in total. The van der Waals surface area contributed by atoms with Gasteiger partial charge in [-0.15, -0.1) is 0 Å². The molecule has 0 saturated carbocycles. The van der Waals surface area contributed by atoms with Gasteiger partial charge in [-0.2, -0.15) is 0 Å². The van der Waals surface area contributed by atoms with Gasteiger partial charge in [0.2, 0.25) is 5.75 Å². The molecule has 34 heavy (non-hydrogen) atoms. The van der Waals surface area contributed by atoms with Crippen molar-refractivity contribution >= 4 is 52.1 Å². The number of carbonyl (C=O) groups is 2. The fourth-order valence-electron chi connectivity index (χ4n) is 3.91. The summed E-state index contributed by atoms with van der Waals surface area (Å²) in [6.45, 7) is 3.38. The topological polar surface area (TPSA) is 77.1 Å². The van der Waals surface area contributed by atoms with Crippen molar-refractivity contribution in [2.75, 3.05) is 34.4 Å². The minimum Gasteiger partial charge on any atom is -0.493 e. The van der Waals surface area contributed by atoms with Crippen LogP contribution in [0.25, 0.3) is 6.08 Å². The number of halogens is 2.